The molecule has 0 saturated heterocycles. The van der Waals surface area contributed by atoms with E-state index in [0.717, 1.165) is 42.4 Å². The molecule has 0 aliphatic heterocycles. The third-order valence-electron chi connectivity index (χ3n) is 4.85. The summed E-state index contributed by atoms with van der Waals surface area (Å²) in [6.45, 7) is 5.01. The molecule has 1 aliphatic carbocycles. The summed E-state index contributed by atoms with van der Waals surface area (Å²) in [4.78, 5) is 11.9. The van der Waals surface area contributed by atoms with Gasteiger partial charge in [-0.25, -0.2) is 0 Å². The highest BCUT2D eigenvalue weighted by Gasteiger charge is 2.45. The molecule has 2 aromatic rings. The van der Waals surface area contributed by atoms with Crippen LogP contribution >= 0.6 is 0 Å². The minimum absolute atomic E-state index is 0.487. The van der Waals surface area contributed by atoms with E-state index in [9.17, 15) is 9.90 Å². The topological polar surface area (TPSA) is 55.1 Å². The maximum atomic E-state index is 11.9. The number of para-hydroxylation sites is 1. The molecule has 1 saturated carbocycles. The molecule has 0 spiro atoms. The smallest absolute Gasteiger partial charge is 0.310 e. The standard InChI is InChI=1S/C17H22N2O2/c1-3-19-15-7-5-4-6-13(15)14(18-19)11-17(16(20)21)9-8-12(2)10-17/h4-7,12H,3,8-11H2,1-2H3,(H,20,21). The average Bonchev–Trinajstić information content (AvgIpc) is 3.02. The molecule has 21 heavy (non-hydrogen) atoms. The highest BCUT2D eigenvalue weighted by Crippen LogP contribution is 2.44. The van der Waals surface area contributed by atoms with Crippen LogP contribution in [0, 0.1) is 11.3 Å². The van der Waals surface area contributed by atoms with Gasteiger partial charge in [0, 0.05) is 18.4 Å². The first-order valence-electron chi connectivity index (χ1n) is 7.73. The Morgan fingerprint density at radius 3 is 2.86 bits per heavy atom. The van der Waals surface area contributed by atoms with Gasteiger partial charge in [-0.3, -0.25) is 9.48 Å². The van der Waals surface area contributed by atoms with Gasteiger partial charge in [0.2, 0.25) is 0 Å². The Balaban J connectivity index is 2.03. The Bertz CT molecular complexity index is 676. The molecule has 2 unspecified atom stereocenters. The van der Waals surface area contributed by atoms with Crippen LogP contribution in [0.1, 0.15) is 38.8 Å². The number of rotatable bonds is 4. The minimum atomic E-state index is -0.665. The number of aryl methyl sites for hydroxylation is 1. The maximum Gasteiger partial charge on any atom is 0.310 e. The molecule has 1 N–H and O–H groups in total. The molecule has 4 nitrogen and oxygen atoms in total. The first-order chi connectivity index (χ1) is 10.1. The van der Waals surface area contributed by atoms with Crippen LogP contribution in [0.5, 0.6) is 0 Å². The summed E-state index contributed by atoms with van der Waals surface area (Å²) in [6.07, 6.45) is 3.06. The second-order valence-electron chi connectivity index (χ2n) is 6.39. The molecular formula is C17H22N2O2. The third kappa shape index (κ3) is 2.33. The van der Waals surface area contributed by atoms with Crippen molar-refractivity contribution >= 4 is 16.9 Å². The van der Waals surface area contributed by atoms with Gasteiger partial charge in [0.15, 0.2) is 0 Å². The van der Waals surface area contributed by atoms with Crippen LogP contribution in [-0.4, -0.2) is 20.9 Å². The number of nitrogens with zero attached hydrogens (tertiary/aromatic N) is 2. The van der Waals surface area contributed by atoms with Gasteiger partial charge in [-0.1, -0.05) is 25.1 Å². The average molecular weight is 286 g/mol. The van der Waals surface area contributed by atoms with E-state index >= 15 is 0 Å². The number of benzene rings is 1. The van der Waals surface area contributed by atoms with Crippen molar-refractivity contribution in [2.24, 2.45) is 11.3 Å². The van der Waals surface area contributed by atoms with E-state index in [2.05, 4.69) is 31.1 Å². The maximum absolute atomic E-state index is 11.9. The molecule has 1 aliphatic rings. The van der Waals surface area contributed by atoms with E-state index in [4.69, 9.17) is 0 Å². The van der Waals surface area contributed by atoms with Crippen molar-refractivity contribution < 1.29 is 9.90 Å². The van der Waals surface area contributed by atoms with Gasteiger partial charge in [0.05, 0.1) is 16.6 Å². The fourth-order valence-corrected chi connectivity index (χ4v) is 3.71. The predicted molar refractivity (Wildman–Crippen MR) is 82.2 cm³/mol. The SMILES string of the molecule is CCn1nc(CC2(C(=O)O)CCC(C)C2)c2ccccc21. The quantitative estimate of drug-likeness (QED) is 0.936. The first-order valence-corrected chi connectivity index (χ1v) is 7.73. The third-order valence-corrected chi connectivity index (χ3v) is 4.85. The summed E-state index contributed by atoms with van der Waals surface area (Å²) < 4.78 is 1.97. The van der Waals surface area contributed by atoms with Crippen LogP contribution in [0.3, 0.4) is 0 Å². The minimum Gasteiger partial charge on any atom is -0.481 e. The Morgan fingerprint density at radius 1 is 1.48 bits per heavy atom. The molecule has 1 heterocycles. The summed E-state index contributed by atoms with van der Waals surface area (Å²) in [6, 6.07) is 8.11. The van der Waals surface area contributed by atoms with Gasteiger partial charge in [0.25, 0.3) is 0 Å². The Hall–Kier alpha value is -1.84. The number of hydrogen-bond donors (Lipinski definition) is 1. The van der Waals surface area contributed by atoms with Crippen molar-refractivity contribution in [1.82, 2.24) is 9.78 Å². The van der Waals surface area contributed by atoms with Gasteiger partial charge in [0.1, 0.15) is 0 Å². The molecule has 1 aromatic heterocycles. The largest absolute Gasteiger partial charge is 0.481 e. The molecular weight excluding hydrogens is 264 g/mol. The highest BCUT2D eigenvalue weighted by molar-refractivity contribution is 5.83. The molecule has 1 aromatic carbocycles. The number of carbonyl (C=O) groups is 1. The Labute approximate surface area is 124 Å². The molecule has 0 radical (unpaired) electrons. The Morgan fingerprint density at radius 2 is 2.24 bits per heavy atom. The number of fused-ring (bicyclic) bond motifs is 1. The van der Waals surface area contributed by atoms with Crippen LogP contribution < -0.4 is 0 Å². The van der Waals surface area contributed by atoms with Crippen molar-refractivity contribution in [3.8, 4) is 0 Å². The van der Waals surface area contributed by atoms with Gasteiger partial charge >= 0.3 is 5.97 Å². The highest BCUT2D eigenvalue weighted by atomic mass is 16.4. The normalized spacial score (nSPS) is 25.5. The number of aliphatic carboxylic acids is 1. The summed E-state index contributed by atoms with van der Waals surface area (Å²) in [5.41, 5.74) is 1.40. The van der Waals surface area contributed by atoms with E-state index in [1.165, 1.54) is 0 Å². The lowest BCUT2D eigenvalue weighted by atomic mass is 9.80. The van der Waals surface area contributed by atoms with Gasteiger partial charge in [-0.2, -0.15) is 5.10 Å². The van der Waals surface area contributed by atoms with E-state index in [1.54, 1.807) is 0 Å². The number of carboxylic acid groups (broad SMARTS) is 1. The summed E-state index contributed by atoms with van der Waals surface area (Å²) in [5, 5.41) is 15.5. The Kier molecular flexibility index (Phi) is 3.47. The summed E-state index contributed by atoms with van der Waals surface area (Å²) >= 11 is 0. The summed E-state index contributed by atoms with van der Waals surface area (Å²) in [7, 11) is 0. The second kappa shape index (κ2) is 5.17. The van der Waals surface area contributed by atoms with Gasteiger partial charge in [-0.15, -0.1) is 0 Å². The number of carboxylic acids is 1. The molecule has 112 valence electrons. The zero-order chi connectivity index (χ0) is 15.0. The van der Waals surface area contributed by atoms with Crippen molar-refractivity contribution in [2.75, 3.05) is 0 Å². The lowest BCUT2D eigenvalue weighted by Crippen LogP contribution is -2.31. The van der Waals surface area contributed by atoms with Gasteiger partial charge in [-0.05, 0) is 38.2 Å². The van der Waals surface area contributed by atoms with Crippen LogP contribution in [-0.2, 0) is 17.8 Å². The fraction of sp³-hybridized carbons (Fsp3) is 0.529. The van der Waals surface area contributed by atoms with E-state index in [-0.39, 0.29) is 0 Å². The molecule has 4 heteroatoms. The van der Waals surface area contributed by atoms with E-state index in [0.29, 0.717) is 12.3 Å². The molecule has 0 bridgehead atoms. The predicted octanol–water partition coefficient (Wildman–Crippen LogP) is 3.49. The lowest BCUT2D eigenvalue weighted by molar-refractivity contribution is -0.148. The van der Waals surface area contributed by atoms with Crippen molar-refractivity contribution in [3.05, 3.63) is 30.0 Å². The molecule has 1 fully saturated rings. The van der Waals surface area contributed by atoms with E-state index in [1.807, 2.05) is 16.8 Å². The lowest BCUT2D eigenvalue weighted by Gasteiger charge is -2.23. The zero-order valence-electron chi connectivity index (χ0n) is 12.7. The molecule has 2 atom stereocenters. The van der Waals surface area contributed by atoms with Crippen molar-refractivity contribution in [2.45, 2.75) is 46.1 Å². The monoisotopic (exact) mass is 286 g/mol. The summed E-state index contributed by atoms with van der Waals surface area (Å²) in [5.74, 6) is -0.178. The van der Waals surface area contributed by atoms with Gasteiger partial charge < -0.3 is 5.11 Å². The fourth-order valence-electron chi connectivity index (χ4n) is 3.71. The first kappa shape index (κ1) is 14.1. The van der Waals surface area contributed by atoms with Crippen LogP contribution in [0.4, 0.5) is 0 Å². The molecule has 3 rings (SSSR count). The molecule has 0 amide bonds. The zero-order valence-corrected chi connectivity index (χ0v) is 12.7. The number of aromatic nitrogens is 2. The van der Waals surface area contributed by atoms with Crippen molar-refractivity contribution in [3.63, 3.8) is 0 Å². The van der Waals surface area contributed by atoms with Crippen LogP contribution in [0.15, 0.2) is 24.3 Å². The van der Waals surface area contributed by atoms with Crippen LogP contribution in [0.2, 0.25) is 0 Å². The van der Waals surface area contributed by atoms with Crippen molar-refractivity contribution in [1.29, 1.82) is 0 Å². The van der Waals surface area contributed by atoms with E-state index < -0.39 is 11.4 Å². The number of hydrogen-bond acceptors (Lipinski definition) is 2. The second-order valence-corrected chi connectivity index (χ2v) is 6.39. The van der Waals surface area contributed by atoms with Crippen LogP contribution in [0.25, 0.3) is 10.9 Å².